The molecule has 3 rings (SSSR count). The second-order valence-corrected chi connectivity index (χ2v) is 5.62. The molecule has 0 spiro atoms. The molecule has 0 N–H and O–H groups in total. The second-order valence-electron chi connectivity index (χ2n) is 4.70. The van der Waals surface area contributed by atoms with Crippen LogP contribution in [0, 0.1) is 11.3 Å². The highest BCUT2D eigenvalue weighted by atomic mass is 79.9. The molecule has 2 aromatic carbocycles. The number of halogens is 1. The lowest BCUT2D eigenvalue weighted by atomic mass is 10.2. The zero-order valence-electron chi connectivity index (χ0n) is 12.1. The van der Waals surface area contributed by atoms with Gasteiger partial charge in [0.15, 0.2) is 0 Å². The van der Waals surface area contributed by atoms with E-state index in [4.69, 9.17) is 10.00 Å². The first-order valence-corrected chi connectivity index (χ1v) is 7.70. The van der Waals surface area contributed by atoms with Gasteiger partial charge >= 0.3 is 0 Å². The highest BCUT2D eigenvalue weighted by molar-refractivity contribution is 9.10. The predicted octanol–water partition coefficient (Wildman–Crippen LogP) is 3.05. The Morgan fingerprint density at radius 1 is 1.09 bits per heavy atom. The standard InChI is InChI=1S/C16H12BrN5O/c17-14-5-3-13(4-6-14)16-19-21-22(20-16)9-10-23-15-7-1-12(11-18)2-8-15/h1-8H,9-10H2. The Kier molecular flexibility index (Phi) is 4.64. The van der Waals surface area contributed by atoms with E-state index < -0.39 is 0 Å². The number of hydrogen-bond donors (Lipinski definition) is 0. The van der Waals surface area contributed by atoms with Gasteiger partial charge in [-0.2, -0.15) is 10.1 Å². The van der Waals surface area contributed by atoms with Crippen LogP contribution in [0.15, 0.2) is 53.0 Å². The number of tetrazole rings is 1. The molecule has 0 fully saturated rings. The maximum atomic E-state index is 8.74. The van der Waals surface area contributed by atoms with E-state index in [-0.39, 0.29) is 0 Å². The highest BCUT2D eigenvalue weighted by Crippen LogP contribution is 2.17. The van der Waals surface area contributed by atoms with Gasteiger partial charge in [-0.25, -0.2) is 0 Å². The van der Waals surface area contributed by atoms with Crippen molar-refractivity contribution in [1.82, 2.24) is 20.2 Å². The highest BCUT2D eigenvalue weighted by Gasteiger charge is 2.05. The Hall–Kier alpha value is -2.72. The molecular weight excluding hydrogens is 358 g/mol. The average molecular weight is 370 g/mol. The molecule has 0 amide bonds. The number of nitriles is 1. The van der Waals surface area contributed by atoms with E-state index in [1.807, 2.05) is 24.3 Å². The molecule has 0 atom stereocenters. The van der Waals surface area contributed by atoms with E-state index in [1.54, 1.807) is 24.3 Å². The number of rotatable bonds is 5. The van der Waals surface area contributed by atoms with Crippen molar-refractivity contribution in [3.63, 3.8) is 0 Å². The Labute approximate surface area is 141 Å². The molecule has 3 aromatic rings. The topological polar surface area (TPSA) is 76.6 Å². The van der Waals surface area contributed by atoms with Gasteiger partial charge in [0.1, 0.15) is 12.4 Å². The van der Waals surface area contributed by atoms with Crippen molar-refractivity contribution in [3.8, 4) is 23.2 Å². The minimum absolute atomic E-state index is 0.419. The van der Waals surface area contributed by atoms with E-state index in [0.29, 0.717) is 30.3 Å². The molecule has 0 radical (unpaired) electrons. The molecule has 0 unspecified atom stereocenters. The Balaban J connectivity index is 1.56. The van der Waals surface area contributed by atoms with Gasteiger partial charge in [0, 0.05) is 10.0 Å². The number of nitrogens with zero attached hydrogens (tertiary/aromatic N) is 5. The van der Waals surface area contributed by atoms with Gasteiger partial charge in [-0.1, -0.05) is 15.9 Å². The lowest BCUT2D eigenvalue weighted by molar-refractivity contribution is 0.280. The van der Waals surface area contributed by atoms with Crippen LogP contribution < -0.4 is 4.74 Å². The third-order valence-corrected chi connectivity index (χ3v) is 3.63. The van der Waals surface area contributed by atoms with E-state index in [9.17, 15) is 0 Å². The first kappa shape index (κ1) is 15.2. The molecule has 1 heterocycles. The maximum Gasteiger partial charge on any atom is 0.204 e. The lowest BCUT2D eigenvalue weighted by Crippen LogP contribution is -2.11. The molecule has 0 aliphatic rings. The summed E-state index contributed by atoms with van der Waals surface area (Å²) in [5, 5.41) is 21.1. The summed E-state index contributed by atoms with van der Waals surface area (Å²) < 4.78 is 6.60. The van der Waals surface area contributed by atoms with Gasteiger partial charge in [0.2, 0.25) is 5.82 Å². The van der Waals surface area contributed by atoms with Crippen molar-refractivity contribution in [2.45, 2.75) is 6.54 Å². The summed E-state index contributed by atoms with van der Waals surface area (Å²) in [7, 11) is 0. The largest absolute Gasteiger partial charge is 0.492 e. The first-order valence-electron chi connectivity index (χ1n) is 6.91. The van der Waals surface area contributed by atoms with Crippen LogP contribution in [-0.2, 0) is 6.54 Å². The van der Waals surface area contributed by atoms with Gasteiger partial charge in [-0.3, -0.25) is 0 Å². The first-order chi connectivity index (χ1) is 11.2. The summed E-state index contributed by atoms with van der Waals surface area (Å²) in [6.45, 7) is 0.908. The Morgan fingerprint density at radius 3 is 2.52 bits per heavy atom. The van der Waals surface area contributed by atoms with Crippen LogP contribution in [0.2, 0.25) is 0 Å². The van der Waals surface area contributed by atoms with Crippen LogP contribution >= 0.6 is 15.9 Å². The fraction of sp³-hybridized carbons (Fsp3) is 0.125. The van der Waals surface area contributed by atoms with E-state index in [1.165, 1.54) is 4.80 Å². The van der Waals surface area contributed by atoms with E-state index >= 15 is 0 Å². The maximum absolute atomic E-state index is 8.74. The fourth-order valence-corrected chi connectivity index (χ4v) is 2.19. The molecule has 1 aromatic heterocycles. The molecule has 23 heavy (non-hydrogen) atoms. The number of benzene rings is 2. The third kappa shape index (κ3) is 3.93. The monoisotopic (exact) mass is 369 g/mol. The summed E-state index contributed by atoms with van der Waals surface area (Å²) >= 11 is 3.39. The van der Waals surface area contributed by atoms with Gasteiger partial charge < -0.3 is 4.74 Å². The average Bonchev–Trinajstić information content (AvgIpc) is 3.05. The minimum Gasteiger partial charge on any atom is -0.492 e. The zero-order chi connectivity index (χ0) is 16.1. The van der Waals surface area contributed by atoms with Crippen LogP contribution in [0.4, 0.5) is 0 Å². The Bertz CT molecular complexity index is 821. The van der Waals surface area contributed by atoms with Crippen molar-refractivity contribution in [2.75, 3.05) is 6.61 Å². The van der Waals surface area contributed by atoms with Crippen molar-refractivity contribution < 1.29 is 4.74 Å². The minimum atomic E-state index is 0.419. The molecular formula is C16H12BrN5O. The summed E-state index contributed by atoms with van der Waals surface area (Å²) in [5.74, 6) is 1.29. The molecule has 0 bridgehead atoms. The normalized spacial score (nSPS) is 10.3. The van der Waals surface area contributed by atoms with Crippen molar-refractivity contribution in [2.24, 2.45) is 0 Å². The second kappa shape index (κ2) is 7.03. The summed E-state index contributed by atoms with van der Waals surface area (Å²) in [6.07, 6.45) is 0. The molecule has 0 saturated heterocycles. The van der Waals surface area contributed by atoms with Gasteiger partial charge in [0.25, 0.3) is 0 Å². The summed E-state index contributed by atoms with van der Waals surface area (Å²) in [4.78, 5) is 1.50. The summed E-state index contributed by atoms with van der Waals surface area (Å²) in [5.41, 5.74) is 1.52. The lowest BCUT2D eigenvalue weighted by Gasteiger charge is -2.04. The smallest absolute Gasteiger partial charge is 0.204 e. The van der Waals surface area contributed by atoms with Crippen LogP contribution in [-0.4, -0.2) is 26.8 Å². The number of hydrogen-bond acceptors (Lipinski definition) is 5. The van der Waals surface area contributed by atoms with Crippen LogP contribution in [0.5, 0.6) is 5.75 Å². The number of aromatic nitrogens is 4. The zero-order valence-corrected chi connectivity index (χ0v) is 13.6. The number of ether oxygens (including phenoxy) is 1. The fourth-order valence-electron chi connectivity index (χ4n) is 1.92. The summed E-state index contributed by atoms with van der Waals surface area (Å²) in [6, 6.07) is 16.8. The van der Waals surface area contributed by atoms with Crippen LogP contribution in [0.25, 0.3) is 11.4 Å². The molecule has 0 aliphatic heterocycles. The third-order valence-electron chi connectivity index (χ3n) is 3.10. The molecule has 114 valence electrons. The van der Waals surface area contributed by atoms with Crippen LogP contribution in [0.1, 0.15) is 5.56 Å². The Morgan fingerprint density at radius 2 is 1.83 bits per heavy atom. The van der Waals surface area contributed by atoms with Crippen LogP contribution in [0.3, 0.4) is 0 Å². The SMILES string of the molecule is N#Cc1ccc(OCCn2nnc(-c3ccc(Br)cc3)n2)cc1. The molecule has 0 saturated carbocycles. The van der Waals surface area contributed by atoms with E-state index in [2.05, 4.69) is 37.4 Å². The van der Waals surface area contributed by atoms with Crippen molar-refractivity contribution in [3.05, 3.63) is 58.6 Å². The van der Waals surface area contributed by atoms with Gasteiger partial charge in [-0.05, 0) is 53.7 Å². The van der Waals surface area contributed by atoms with Crippen molar-refractivity contribution >= 4 is 15.9 Å². The quantitative estimate of drug-likeness (QED) is 0.690. The van der Waals surface area contributed by atoms with Gasteiger partial charge in [0.05, 0.1) is 18.2 Å². The molecule has 0 aliphatic carbocycles. The van der Waals surface area contributed by atoms with E-state index in [0.717, 1.165) is 10.0 Å². The van der Waals surface area contributed by atoms with Gasteiger partial charge in [-0.15, -0.1) is 10.2 Å². The molecule has 6 nitrogen and oxygen atoms in total. The molecule has 7 heteroatoms. The van der Waals surface area contributed by atoms with Crippen molar-refractivity contribution in [1.29, 1.82) is 5.26 Å². The predicted molar refractivity (Wildman–Crippen MR) is 87.6 cm³/mol.